The molecule has 0 spiro atoms. The molecule has 1 atom stereocenters. The van der Waals surface area contributed by atoms with Gasteiger partial charge in [-0.05, 0) is 44.2 Å². The molecular weight excluding hydrogens is 485 g/mol. The van der Waals surface area contributed by atoms with Crippen LogP contribution in [-0.2, 0) is 6.54 Å². The van der Waals surface area contributed by atoms with Gasteiger partial charge in [0.15, 0.2) is 5.96 Å². The van der Waals surface area contributed by atoms with Crippen molar-refractivity contribution in [1.82, 2.24) is 10.6 Å². The van der Waals surface area contributed by atoms with E-state index in [2.05, 4.69) is 15.6 Å². The molecule has 0 amide bonds. The molecule has 0 aliphatic carbocycles. The molecule has 1 unspecified atom stereocenters. The molecule has 0 bridgehead atoms. The number of aromatic hydroxyl groups is 1. The van der Waals surface area contributed by atoms with Gasteiger partial charge in [0.2, 0.25) is 0 Å². The van der Waals surface area contributed by atoms with E-state index in [1.165, 1.54) is 0 Å². The van der Waals surface area contributed by atoms with Gasteiger partial charge >= 0.3 is 0 Å². The van der Waals surface area contributed by atoms with E-state index in [0.29, 0.717) is 30.4 Å². The maximum absolute atomic E-state index is 10.0. The van der Waals surface area contributed by atoms with Crippen LogP contribution in [0.3, 0.4) is 0 Å². The maximum atomic E-state index is 10.0. The number of aliphatic imine (C=N–C) groups is 1. The van der Waals surface area contributed by atoms with Crippen LogP contribution in [0.1, 0.15) is 19.4 Å². The molecule has 29 heavy (non-hydrogen) atoms. The lowest BCUT2D eigenvalue weighted by molar-refractivity contribution is 0.223. The van der Waals surface area contributed by atoms with Gasteiger partial charge in [-0.15, -0.1) is 24.0 Å². The highest BCUT2D eigenvalue weighted by atomic mass is 127. The van der Waals surface area contributed by atoms with Gasteiger partial charge in [0.1, 0.15) is 29.1 Å². The maximum Gasteiger partial charge on any atom is 0.191 e. The molecule has 8 heteroatoms. The van der Waals surface area contributed by atoms with Crippen LogP contribution in [0.5, 0.6) is 23.0 Å². The Bertz CT molecular complexity index is 786. The van der Waals surface area contributed by atoms with Crippen LogP contribution in [0.4, 0.5) is 0 Å². The molecule has 160 valence electrons. The smallest absolute Gasteiger partial charge is 0.191 e. The van der Waals surface area contributed by atoms with Gasteiger partial charge in [0.05, 0.1) is 27.3 Å². The highest BCUT2D eigenvalue weighted by Crippen LogP contribution is 2.23. The first-order valence-corrected chi connectivity index (χ1v) is 9.24. The molecule has 2 aromatic carbocycles. The van der Waals surface area contributed by atoms with Crippen LogP contribution < -0.4 is 24.8 Å². The summed E-state index contributed by atoms with van der Waals surface area (Å²) in [5.74, 6) is 3.02. The summed E-state index contributed by atoms with van der Waals surface area (Å²) in [5, 5.41) is 16.4. The number of guanidine groups is 1. The van der Waals surface area contributed by atoms with Gasteiger partial charge in [-0.1, -0.05) is 6.07 Å². The van der Waals surface area contributed by atoms with Crippen molar-refractivity contribution in [2.24, 2.45) is 4.99 Å². The molecule has 0 saturated heterocycles. The fraction of sp³-hybridized carbons (Fsp3) is 0.381. The first-order valence-electron chi connectivity index (χ1n) is 9.24. The highest BCUT2D eigenvalue weighted by molar-refractivity contribution is 14.0. The van der Waals surface area contributed by atoms with E-state index < -0.39 is 0 Å². The van der Waals surface area contributed by atoms with Crippen LogP contribution in [0, 0.1) is 0 Å². The van der Waals surface area contributed by atoms with Crippen molar-refractivity contribution < 1.29 is 19.3 Å². The van der Waals surface area contributed by atoms with Crippen molar-refractivity contribution >= 4 is 29.9 Å². The number of ether oxygens (including phenoxy) is 3. The second-order valence-corrected chi connectivity index (χ2v) is 6.18. The number of nitrogens with one attached hydrogen (secondary N) is 2. The molecule has 0 aromatic heterocycles. The van der Waals surface area contributed by atoms with E-state index in [-0.39, 0.29) is 35.8 Å². The van der Waals surface area contributed by atoms with Crippen LogP contribution >= 0.6 is 24.0 Å². The summed E-state index contributed by atoms with van der Waals surface area (Å²) in [5.41, 5.74) is 0.692. The Hall–Kier alpha value is -2.36. The van der Waals surface area contributed by atoms with E-state index in [1.807, 2.05) is 38.1 Å². The lowest BCUT2D eigenvalue weighted by Crippen LogP contribution is -2.41. The molecule has 0 heterocycles. The summed E-state index contributed by atoms with van der Waals surface area (Å²) >= 11 is 0. The summed E-state index contributed by atoms with van der Waals surface area (Å²) in [7, 11) is 3.22. The van der Waals surface area contributed by atoms with E-state index in [0.717, 1.165) is 18.0 Å². The minimum Gasteiger partial charge on any atom is -0.508 e. The van der Waals surface area contributed by atoms with Gasteiger partial charge in [0, 0.05) is 18.2 Å². The number of rotatable bonds is 9. The predicted molar refractivity (Wildman–Crippen MR) is 126 cm³/mol. The summed E-state index contributed by atoms with van der Waals surface area (Å²) in [6.45, 7) is 5.58. The first-order chi connectivity index (χ1) is 13.5. The molecular formula is C21H30IN3O4. The number of phenolic OH excluding ortho intramolecular Hbond substituents is 1. The Balaban J connectivity index is 0.00000420. The van der Waals surface area contributed by atoms with Gasteiger partial charge in [-0.2, -0.15) is 0 Å². The quantitative estimate of drug-likeness (QED) is 0.269. The van der Waals surface area contributed by atoms with Crippen LogP contribution in [-0.4, -0.2) is 44.5 Å². The third kappa shape index (κ3) is 8.26. The molecule has 0 aliphatic rings. The standard InChI is InChI=1S/C21H29N3O4.HI/c1-5-22-21(24-14-16-11-18(27-4)9-10-20(16)25)23-13-15(2)28-19-8-6-7-17(12-19)26-3;/h6-12,15,25H,5,13-14H2,1-4H3,(H2,22,23,24);1H. The number of methoxy groups -OCH3 is 2. The third-order valence-corrected chi connectivity index (χ3v) is 3.97. The zero-order chi connectivity index (χ0) is 20.4. The second kappa shape index (κ2) is 13.0. The predicted octanol–water partition coefficient (Wildman–Crippen LogP) is 3.55. The van der Waals surface area contributed by atoms with Gasteiger partial charge < -0.3 is 30.0 Å². The topological polar surface area (TPSA) is 84.3 Å². The van der Waals surface area contributed by atoms with Crippen molar-refractivity contribution in [2.45, 2.75) is 26.5 Å². The zero-order valence-corrected chi connectivity index (χ0v) is 19.6. The third-order valence-electron chi connectivity index (χ3n) is 3.97. The van der Waals surface area contributed by atoms with Crippen molar-refractivity contribution in [1.29, 1.82) is 0 Å². The average Bonchev–Trinajstić information content (AvgIpc) is 2.71. The summed E-state index contributed by atoms with van der Waals surface area (Å²) < 4.78 is 16.3. The molecule has 0 fully saturated rings. The second-order valence-electron chi connectivity index (χ2n) is 6.18. The minimum atomic E-state index is -0.0822. The Labute approximate surface area is 189 Å². The Morgan fingerprint density at radius 2 is 1.72 bits per heavy atom. The number of hydrogen-bond donors (Lipinski definition) is 3. The lowest BCUT2D eigenvalue weighted by atomic mass is 10.2. The van der Waals surface area contributed by atoms with E-state index >= 15 is 0 Å². The molecule has 0 saturated carbocycles. The molecule has 0 aliphatic heterocycles. The SMILES string of the molecule is CCNC(=NCc1cc(OC)ccc1O)NCC(C)Oc1cccc(OC)c1.I. The number of phenols is 1. The fourth-order valence-electron chi connectivity index (χ4n) is 2.51. The monoisotopic (exact) mass is 515 g/mol. The van der Waals surface area contributed by atoms with Crippen LogP contribution in [0.25, 0.3) is 0 Å². The lowest BCUT2D eigenvalue weighted by Gasteiger charge is -2.18. The van der Waals surface area contributed by atoms with Crippen LogP contribution in [0.15, 0.2) is 47.5 Å². The van der Waals surface area contributed by atoms with Crippen LogP contribution in [0.2, 0.25) is 0 Å². The fourth-order valence-corrected chi connectivity index (χ4v) is 2.51. The van der Waals surface area contributed by atoms with Gasteiger partial charge in [-0.25, -0.2) is 4.99 Å². The molecule has 2 aromatic rings. The molecule has 3 N–H and O–H groups in total. The van der Waals surface area contributed by atoms with Crippen molar-refractivity contribution in [2.75, 3.05) is 27.3 Å². The Morgan fingerprint density at radius 3 is 2.41 bits per heavy atom. The molecule has 7 nitrogen and oxygen atoms in total. The molecule has 0 radical (unpaired) electrons. The minimum absolute atomic E-state index is 0. The normalized spacial score (nSPS) is 11.8. The number of benzene rings is 2. The number of halogens is 1. The van der Waals surface area contributed by atoms with E-state index in [1.54, 1.807) is 32.4 Å². The Morgan fingerprint density at radius 1 is 1.03 bits per heavy atom. The van der Waals surface area contributed by atoms with Crippen molar-refractivity contribution in [3.63, 3.8) is 0 Å². The van der Waals surface area contributed by atoms with Gasteiger partial charge in [0.25, 0.3) is 0 Å². The number of hydrogen-bond acceptors (Lipinski definition) is 5. The highest BCUT2D eigenvalue weighted by Gasteiger charge is 2.08. The molecule has 2 rings (SSSR count). The summed E-state index contributed by atoms with van der Waals surface area (Å²) in [6.07, 6.45) is -0.0822. The van der Waals surface area contributed by atoms with E-state index in [4.69, 9.17) is 14.2 Å². The zero-order valence-electron chi connectivity index (χ0n) is 17.3. The summed E-state index contributed by atoms with van der Waals surface area (Å²) in [6, 6.07) is 12.6. The summed E-state index contributed by atoms with van der Waals surface area (Å²) in [4.78, 5) is 4.53. The average molecular weight is 515 g/mol. The first kappa shape index (κ1) is 24.7. The van der Waals surface area contributed by atoms with Crippen molar-refractivity contribution in [3.8, 4) is 23.0 Å². The van der Waals surface area contributed by atoms with E-state index in [9.17, 15) is 5.11 Å². The Kier molecular flexibility index (Phi) is 11.0. The number of nitrogens with zero attached hydrogens (tertiary/aromatic N) is 1. The van der Waals surface area contributed by atoms with Crippen molar-refractivity contribution in [3.05, 3.63) is 48.0 Å². The van der Waals surface area contributed by atoms with Gasteiger partial charge in [-0.3, -0.25) is 0 Å². The largest absolute Gasteiger partial charge is 0.508 e.